The fraction of sp³-hybridized carbons (Fsp3) is 0.194. The van der Waals surface area contributed by atoms with Gasteiger partial charge < -0.3 is 4.74 Å². The molecule has 13 heteroatoms. The van der Waals surface area contributed by atoms with E-state index in [-0.39, 0.29) is 55.7 Å². The van der Waals surface area contributed by atoms with Gasteiger partial charge in [-0.05, 0) is 48.4 Å². The fourth-order valence-electron chi connectivity index (χ4n) is 5.25. The minimum Gasteiger partial charge on any atom is -0.494 e. The molecule has 0 atom stereocenters. The molecule has 0 saturated carbocycles. The first kappa shape index (κ1) is 31.2. The standard InChI is InChI=1S/C31H23F7N2O3S/c1-15-20(13-21-22(31(36,37)38)7-5-8-23(21)34)30-40(29(41)26(15)19-6-4-9-25(42-2)27(19)35)24(14-44-30)28(39-43-3)16-10-17(32)12-18(33)11-16/h4-12,39H,13-14H2,1-3H3. The zero-order chi connectivity index (χ0) is 31.9. The fourth-order valence-corrected chi connectivity index (χ4v) is 6.51. The van der Waals surface area contributed by atoms with Crippen LogP contribution in [0.3, 0.4) is 0 Å². The number of hydrogen-bond donors (Lipinski definition) is 1. The van der Waals surface area contributed by atoms with Crippen LogP contribution in [0.4, 0.5) is 30.7 Å². The van der Waals surface area contributed by atoms with Gasteiger partial charge in [0.2, 0.25) is 0 Å². The van der Waals surface area contributed by atoms with Crippen molar-refractivity contribution in [1.29, 1.82) is 0 Å². The highest BCUT2D eigenvalue weighted by atomic mass is 32.2. The van der Waals surface area contributed by atoms with Gasteiger partial charge in [-0.25, -0.2) is 17.6 Å². The number of hydroxylamine groups is 1. The largest absolute Gasteiger partial charge is 0.494 e. The number of nitrogens with one attached hydrogen (secondary N) is 1. The molecule has 4 aromatic rings. The summed E-state index contributed by atoms with van der Waals surface area (Å²) in [5.41, 5.74) is -0.206. The van der Waals surface area contributed by atoms with Crippen molar-refractivity contribution in [3.63, 3.8) is 0 Å². The first-order valence-electron chi connectivity index (χ1n) is 12.9. The Morgan fingerprint density at radius 1 is 0.977 bits per heavy atom. The number of benzene rings is 3. The van der Waals surface area contributed by atoms with Crippen molar-refractivity contribution in [3.8, 4) is 16.9 Å². The maximum atomic E-state index is 15.6. The van der Waals surface area contributed by atoms with Gasteiger partial charge in [-0.2, -0.15) is 13.2 Å². The van der Waals surface area contributed by atoms with Crippen molar-refractivity contribution in [1.82, 2.24) is 10.0 Å². The third-order valence-electron chi connectivity index (χ3n) is 7.20. The van der Waals surface area contributed by atoms with Crippen molar-refractivity contribution in [2.75, 3.05) is 20.0 Å². The van der Waals surface area contributed by atoms with Gasteiger partial charge in [0.1, 0.15) is 17.5 Å². The van der Waals surface area contributed by atoms with Gasteiger partial charge >= 0.3 is 6.18 Å². The lowest BCUT2D eigenvalue weighted by Gasteiger charge is -2.21. The van der Waals surface area contributed by atoms with Crippen molar-refractivity contribution >= 4 is 23.2 Å². The van der Waals surface area contributed by atoms with Crippen molar-refractivity contribution in [2.45, 2.75) is 24.5 Å². The highest BCUT2D eigenvalue weighted by molar-refractivity contribution is 8.00. The third kappa shape index (κ3) is 5.57. The van der Waals surface area contributed by atoms with E-state index in [9.17, 15) is 26.7 Å². The van der Waals surface area contributed by atoms with E-state index in [1.807, 2.05) is 0 Å². The van der Waals surface area contributed by atoms with E-state index in [0.29, 0.717) is 6.07 Å². The van der Waals surface area contributed by atoms with E-state index in [1.165, 1.54) is 39.3 Å². The Bertz CT molecular complexity index is 1850. The van der Waals surface area contributed by atoms with E-state index in [4.69, 9.17) is 9.57 Å². The molecular formula is C31H23F7N2O3S. The minimum atomic E-state index is -4.89. The van der Waals surface area contributed by atoms with E-state index in [1.54, 1.807) is 0 Å². The second-order valence-electron chi connectivity index (χ2n) is 9.76. The minimum absolute atomic E-state index is 0.0149. The number of ether oxygens (including phenoxy) is 1. The summed E-state index contributed by atoms with van der Waals surface area (Å²) >= 11 is 1.04. The molecule has 0 radical (unpaired) electrons. The van der Waals surface area contributed by atoms with Crippen LogP contribution in [-0.2, 0) is 17.4 Å². The van der Waals surface area contributed by atoms with Gasteiger partial charge in [-0.15, -0.1) is 11.8 Å². The van der Waals surface area contributed by atoms with Gasteiger partial charge in [-0.1, -0.05) is 18.2 Å². The van der Waals surface area contributed by atoms with Gasteiger partial charge in [-0.3, -0.25) is 19.7 Å². The number of methoxy groups -OCH3 is 1. The second kappa shape index (κ2) is 12.0. The molecule has 1 aromatic heterocycles. The molecule has 5 rings (SSSR count). The maximum absolute atomic E-state index is 15.6. The molecule has 1 aliphatic heterocycles. The summed E-state index contributed by atoms with van der Waals surface area (Å²) in [6.45, 7) is 1.44. The topological polar surface area (TPSA) is 52.5 Å². The number of thioether (sulfide) groups is 1. The normalized spacial score (nSPS) is 14.0. The molecule has 0 amide bonds. The molecule has 0 aliphatic carbocycles. The number of fused-ring (bicyclic) bond motifs is 1. The summed E-state index contributed by atoms with van der Waals surface area (Å²) in [5, 5.41) is 0.151. The predicted octanol–water partition coefficient (Wildman–Crippen LogP) is 7.58. The zero-order valence-corrected chi connectivity index (χ0v) is 24.2. The average Bonchev–Trinajstić information content (AvgIpc) is 3.39. The Labute approximate surface area is 250 Å². The second-order valence-corrected chi connectivity index (χ2v) is 10.7. The molecule has 0 spiro atoms. The summed E-state index contributed by atoms with van der Waals surface area (Å²) in [6.07, 6.45) is -5.50. The molecule has 0 saturated heterocycles. The SMILES string of the molecule is CONC(=C1CSc2c(Cc3c(F)cccc3C(F)(F)F)c(C)c(-c3cccc(OC)c3F)c(=O)n21)c1cc(F)cc(F)c1. The molecule has 1 aliphatic rings. The monoisotopic (exact) mass is 636 g/mol. The molecule has 230 valence electrons. The van der Waals surface area contributed by atoms with Crippen molar-refractivity contribution in [2.24, 2.45) is 0 Å². The summed E-state index contributed by atoms with van der Waals surface area (Å²) in [6, 6.07) is 9.32. The lowest BCUT2D eigenvalue weighted by atomic mass is 9.92. The van der Waals surface area contributed by atoms with Crippen molar-refractivity contribution in [3.05, 3.63) is 116 Å². The number of pyridine rings is 1. The van der Waals surface area contributed by atoms with Crippen LogP contribution in [0.15, 0.2) is 64.4 Å². The zero-order valence-electron chi connectivity index (χ0n) is 23.3. The number of hydrogen-bond acceptors (Lipinski definition) is 5. The van der Waals surface area contributed by atoms with Crippen LogP contribution in [0.2, 0.25) is 0 Å². The quantitative estimate of drug-likeness (QED) is 0.168. The Kier molecular flexibility index (Phi) is 8.54. The maximum Gasteiger partial charge on any atom is 0.416 e. The summed E-state index contributed by atoms with van der Waals surface area (Å²) in [4.78, 5) is 19.3. The van der Waals surface area contributed by atoms with Gasteiger partial charge in [0, 0.05) is 34.9 Å². The Morgan fingerprint density at radius 2 is 1.66 bits per heavy atom. The van der Waals surface area contributed by atoms with Crippen LogP contribution in [0, 0.1) is 30.2 Å². The van der Waals surface area contributed by atoms with Crippen LogP contribution in [0.1, 0.15) is 27.8 Å². The molecule has 2 heterocycles. The molecule has 1 N–H and O–H groups in total. The Morgan fingerprint density at radius 3 is 2.30 bits per heavy atom. The molecule has 0 bridgehead atoms. The highest BCUT2D eigenvalue weighted by Crippen LogP contribution is 2.43. The van der Waals surface area contributed by atoms with E-state index in [0.717, 1.165) is 46.7 Å². The van der Waals surface area contributed by atoms with Gasteiger partial charge in [0.25, 0.3) is 5.56 Å². The smallest absolute Gasteiger partial charge is 0.416 e. The van der Waals surface area contributed by atoms with Crippen LogP contribution >= 0.6 is 11.8 Å². The van der Waals surface area contributed by atoms with Crippen LogP contribution in [0.25, 0.3) is 22.5 Å². The Balaban J connectivity index is 1.88. The number of rotatable bonds is 7. The van der Waals surface area contributed by atoms with E-state index >= 15 is 8.78 Å². The summed E-state index contributed by atoms with van der Waals surface area (Å²) in [7, 11) is 2.46. The van der Waals surface area contributed by atoms with Crippen LogP contribution < -0.4 is 15.8 Å². The predicted molar refractivity (Wildman–Crippen MR) is 152 cm³/mol. The van der Waals surface area contributed by atoms with E-state index < -0.39 is 52.6 Å². The number of alkyl halides is 3. The lowest BCUT2D eigenvalue weighted by Crippen LogP contribution is -2.26. The van der Waals surface area contributed by atoms with Gasteiger partial charge in [0.15, 0.2) is 11.6 Å². The van der Waals surface area contributed by atoms with E-state index in [2.05, 4.69) is 5.48 Å². The third-order valence-corrected chi connectivity index (χ3v) is 8.32. The molecule has 5 nitrogen and oxygen atoms in total. The number of aromatic nitrogens is 1. The lowest BCUT2D eigenvalue weighted by molar-refractivity contribution is -0.138. The molecule has 0 unspecified atom stereocenters. The molecular weight excluding hydrogens is 613 g/mol. The first-order chi connectivity index (χ1) is 20.9. The molecule has 3 aromatic carbocycles. The van der Waals surface area contributed by atoms with Crippen molar-refractivity contribution < 1.29 is 40.3 Å². The average molecular weight is 637 g/mol. The molecule has 44 heavy (non-hydrogen) atoms. The summed E-state index contributed by atoms with van der Waals surface area (Å²) < 4.78 is 107. The van der Waals surface area contributed by atoms with Crippen LogP contribution in [-0.4, -0.2) is 24.5 Å². The van der Waals surface area contributed by atoms with Crippen LogP contribution in [0.5, 0.6) is 5.75 Å². The highest BCUT2D eigenvalue weighted by Gasteiger charge is 2.36. The Hall–Kier alpha value is -4.23. The first-order valence-corrected chi connectivity index (χ1v) is 13.9. The number of halogens is 7. The molecule has 0 fully saturated rings. The number of nitrogens with zero attached hydrogens (tertiary/aromatic N) is 1. The summed E-state index contributed by atoms with van der Waals surface area (Å²) in [5.74, 6) is -4.06. The van der Waals surface area contributed by atoms with Gasteiger partial charge in [0.05, 0.1) is 41.8 Å².